The fourth-order valence-corrected chi connectivity index (χ4v) is 3.41. The largest absolute Gasteiger partial charge is 0.452 e. The summed E-state index contributed by atoms with van der Waals surface area (Å²) in [4.78, 5) is 29.3. The molecule has 8 heteroatoms. The van der Waals surface area contributed by atoms with Gasteiger partial charge in [-0.25, -0.2) is 4.79 Å². The molecule has 2 heterocycles. The van der Waals surface area contributed by atoms with Crippen LogP contribution in [0, 0.1) is 6.92 Å². The molecule has 4 aromatic rings. The maximum absolute atomic E-state index is 12.6. The molecule has 1 N–H and O–H groups in total. The summed E-state index contributed by atoms with van der Waals surface area (Å²) in [6.45, 7) is 1.74. The predicted octanol–water partition coefficient (Wildman–Crippen LogP) is 4.72. The number of thiophene rings is 1. The third-order valence-corrected chi connectivity index (χ3v) is 4.93. The zero-order valence-corrected chi connectivity index (χ0v) is 16.8. The number of carbonyl (C=O) groups excluding carboxylic acids is 2. The van der Waals surface area contributed by atoms with Crippen molar-refractivity contribution in [2.45, 2.75) is 13.5 Å². The lowest BCUT2D eigenvalue weighted by Crippen LogP contribution is -2.16. The molecule has 0 aliphatic rings. The first kappa shape index (κ1) is 19.5. The van der Waals surface area contributed by atoms with Crippen molar-refractivity contribution >= 4 is 28.9 Å². The number of benzene rings is 2. The normalized spacial score (nSPS) is 10.6. The van der Waals surface area contributed by atoms with Gasteiger partial charge < -0.3 is 14.6 Å². The number of hydrogen-bond donors (Lipinski definition) is 1. The molecule has 0 fully saturated rings. The Bertz CT molecular complexity index is 1180. The molecule has 0 saturated heterocycles. The molecular weight excluding hydrogens is 402 g/mol. The van der Waals surface area contributed by atoms with Crippen LogP contribution in [-0.2, 0) is 11.3 Å². The van der Waals surface area contributed by atoms with E-state index in [1.807, 2.05) is 29.8 Å². The number of carbonyl (C=O) groups is 2. The van der Waals surface area contributed by atoms with Crippen LogP contribution < -0.4 is 5.32 Å². The Labute approximate surface area is 176 Å². The fourth-order valence-electron chi connectivity index (χ4n) is 2.78. The van der Waals surface area contributed by atoms with Gasteiger partial charge in [0, 0.05) is 16.5 Å². The van der Waals surface area contributed by atoms with Crippen molar-refractivity contribution in [2.24, 2.45) is 0 Å². The van der Waals surface area contributed by atoms with Gasteiger partial charge in [0.1, 0.15) is 0 Å². The van der Waals surface area contributed by atoms with Crippen LogP contribution in [0.1, 0.15) is 32.2 Å². The summed E-state index contributed by atoms with van der Waals surface area (Å²) < 4.78 is 10.4. The maximum Gasteiger partial charge on any atom is 0.340 e. The number of amides is 1. The van der Waals surface area contributed by atoms with Crippen LogP contribution in [0.15, 0.2) is 69.9 Å². The zero-order valence-electron chi connectivity index (χ0n) is 16.0. The maximum atomic E-state index is 12.6. The summed E-state index contributed by atoms with van der Waals surface area (Å²) in [7, 11) is 0. The first-order valence-electron chi connectivity index (χ1n) is 9.09. The smallest absolute Gasteiger partial charge is 0.340 e. The summed E-state index contributed by atoms with van der Waals surface area (Å²) in [6.07, 6.45) is 0. The van der Waals surface area contributed by atoms with Crippen LogP contribution in [0.2, 0.25) is 0 Å². The number of nitrogens with zero attached hydrogens (tertiary/aromatic N) is 2. The zero-order chi connectivity index (χ0) is 20.9. The van der Waals surface area contributed by atoms with E-state index in [1.165, 1.54) is 11.3 Å². The topological polar surface area (TPSA) is 94.3 Å². The molecule has 30 heavy (non-hydrogen) atoms. The second-order valence-corrected chi connectivity index (χ2v) is 7.25. The molecule has 1 amide bonds. The third kappa shape index (κ3) is 4.44. The molecule has 150 valence electrons. The number of aromatic nitrogens is 2. The van der Waals surface area contributed by atoms with E-state index in [4.69, 9.17) is 9.26 Å². The molecule has 0 radical (unpaired) electrons. The molecule has 0 bridgehead atoms. The SMILES string of the molecule is Cc1cccc(C(=O)Nc2ccccc2C(=O)OCc2nc(-c3ccsc3)no2)c1. The number of rotatable bonds is 6. The van der Waals surface area contributed by atoms with E-state index < -0.39 is 5.97 Å². The van der Waals surface area contributed by atoms with E-state index in [0.29, 0.717) is 17.1 Å². The van der Waals surface area contributed by atoms with Crippen molar-refractivity contribution in [3.05, 3.63) is 87.9 Å². The van der Waals surface area contributed by atoms with Crippen molar-refractivity contribution in [1.82, 2.24) is 10.1 Å². The highest BCUT2D eigenvalue weighted by atomic mass is 32.1. The number of hydrogen-bond acceptors (Lipinski definition) is 7. The minimum absolute atomic E-state index is 0.171. The van der Waals surface area contributed by atoms with E-state index in [0.717, 1.165) is 11.1 Å². The van der Waals surface area contributed by atoms with Gasteiger partial charge in [0.05, 0.1) is 11.3 Å². The molecule has 7 nitrogen and oxygen atoms in total. The van der Waals surface area contributed by atoms with Gasteiger partial charge in [-0.05, 0) is 42.6 Å². The molecule has 0 unspecified atom stereocenters. The fraction of sp³-hybridized carbons (Fsp3) is 0.0909. The van der Waals surface area contributed by atoms with Gasteiger partial charge in [-0.15, -0.1) is 0 Å². The van der Waals surface area contributed by atoms with Crippen LogP contribution in [-0.4, -0.2) is 22.0 Å². The molecule has 2 aromatic carbocycles. The molecular formula is C22H17N3O4S. The van der Waals surface area contributed by atoms with Gasteiger partial charge in [0.25, 0.3) is 11.8 Å². The number of ether oxygens (including phenoxy) is 1. The monoisotopic (exact) mass is 419 g/mol. The van der Waals surface area contributed by atoms with E-state index in [-0.39, 0.29) is 24.0 Å². The van der Waals surface area contributed by atoms with E-state index in [9.17, 15) is 9.59 Å². The number of para-hydroxylation sites is 1. The Morgan fingerprint density at radius 2 is 2.00 bits per heavy atom. The molecule has 0 spiro atoms. The van der Waals surface area contributed by atoms with Crippen molar-refractivity contribution in [1.29, 1.82) is 0 Å². The van der Waals surface area contributed by atoms with Gasteiger partial charge in [0.15, 0.2) is 6.61 Å². The Morgan fingerprint density at radius 1 is 1.13 bits per heavy atom. The minimum atomic E-state index is -0.606. The molecule has 0 aliphatic carbocycles. The second-order valence-electron chi connectivity index (χ2n) is 6.47. The average molecular weight is 419 g/mol. The lowest BCUT2D eigenvalue weighted by Gasteiger charge is -2.10. The summed E-state index contributed by atoms with van der Waals surface area (Å²) in [5.74, 6) is -0.291. The second kappa shape index (κ2) is 8.71. The summed E-state index contributed by atoms with van der Waals surface area (Å²) in [5, 5.41) is 10.5. The van der Waals surface area contributed by atoms with Gasteiger partial charge in [-0.1, -0.05) is 35.0 Å². The van der Waals surface area contributed by atoms with Crippen molar-refractivity contribution in [3.63, 3.8) is 0 Å². The van der Waals surface area contributed by atoms with Gasteiger partial charge in [0.2, 0.25) is 5.82 Å². The van der Waals surface area contributed by atoms with E-state index in [1.54, 1.807) is 42.5 Å². The average Bonchev–Trinajstić information content (AvgIpc) is 3.44. The number of nitrogens with one attached hydrogen (secondary N) is 1. The first-order valence-corrected chi connectivity index (χ1v) is 10.0. The van der Waals surface area contributed by atoms with Crippen LogP contribution in [0.4, 0.5) is 5.69 Å². The standard InChI is InChI=1S/C22H17N3O4S/c1-14-5-4-6-15(11-14)21(26)23-18-8-3-2-7-17(18)22(27)28-12-19-24-20(25-29-19)16-9-10-30-13-16/h2-11,13H,12H2,1H3,(H,23,26). The van der Waals surface area contributed by atoms with Gasteiger partial charge in [-0.2, -0.15) is 16.3 Å². The van der Waals surface area contributed by atoms with Crippen LogP contribution >= 0.6 is 11.3 Å². The third-order valence-electron chi connectivity index (χ3n) is 4.25. The van der Waals surface area contributed by atoms with Crippen LogP contribution in [0.3, 0.4) is 0 Å². The molecule has 0 aliphatic heterocycles. The first-order chi connectivity index (χ1) is 14.6. The number of anilines is 1. The summed E-state index contributed by atoms with van der Waals surface area (Å²) >= 11 is 1.52. The van der Waals surface area contributed by atoms with Crippen molar-refractivity contribution < 1.29 is 18.8 Å². The Morgan fingerprint density at radius 3 is 2.80 bits per heavy atom. The molecule has 4 rings (SSSR count). The van der Waals surface area contributed by atoms with E-state index >= 15 is 0 Å². The Balaban J connectivity index is 1.44. The summed E-state index contributed by atoms with van der Waals surface area (Å²) in [6, 6.07) is 15.7. The molecule has 0 saturated carbocycles. The van der Waals surface area contributed by atoms with Gasteiger partial charge in [-0.3, -0.25) is 4.79 Å². The highest BCUT2D eigenvalue weighted by Gasteiger charge is 2.17. The van der Waals surface area contributed by atoms with Crippen LogP contribution in [0.5, 0.6) is 0 Å². The van der Waals surface area contributed by atoms with Crippen LogP contribution in [0.25, 0.3) is 11.4 Å². The number of aryl methyl sites for hydroxylation is 1. The quantitative estimate of drug-likeness (QED) is 0.455. The highest BCUT2D eigenvalue weighted by molar-refractivity contribution is 7.08. The van der Waals surface area contributed by atoms with Crippen molar-refractivity contribution in [3.8, 4) is 11.4 Å². The highest BCUT2D eigenvalue weighted by Crippen LogP contribution is 2.20. The minimum Gasteiger partial charge on any atom is -0.452 e. The van der Waals surface area contributed by atoms with E-state index in [2.05, 4.69) is 15.5 Å². The van der Waals surface area contributed by atoms with Crippen molar-refractivity contribution in [2.75, 3.05) is 5.32 Å². The number of esters is 1. The Kier molecular flexibility index (Phi) is 5.67. The molecule has 0 atom stereocenters. The Hall–Kier alpha value is -3.78. The predicted molar refractivity (Wildman–Crippen MR) is 112 cm³/mol. The summed E-state index contributed by atoms with van der Waals surface area (Å²) in [5.41, 5.74) is 2.90. The molecule has 2 aromatic heterocycles. The lowest BCUT2D eigenvalue weighted by atomic mass is 10.1. The van der Waals surface area contributed by atoms with Gasteiger partial charge >= 0.3 is 5.97 Å². The lowest BCUT2D eigenvalue weighted by molar-refractivity contribution is 0.0431.